The fourth-order valence-electron chi connectivity index (χ4n) is 2.80. The molecule has 1 aliphatic heterocycles. The van der Waals surface area contributed by atoms with Gasteiger partial charge in [0.05, 0.1) is 5.75 Å². The van der Waals surface area contributed by atoms with E-state index in [1.54, 1.807) is 6.92 Å². The number of hydrogen-bond acceptors (Lipinski definition) is 4. The van der Waals surface area contributed by atoms with Gasteiger partial charge in [-0.1, -0.05) is 20.8 Å². The zero-order chi connectivity index (χ0) is 13.6. The predicted octanol–water partition coefficient (Wildman–Crippen LogP) is 1.28. The molecule has 0 unspecified atom stereocenters. The van der Waals surface area contributed by atoms with E-state index in [0.29, 0.717) is 5.75 Å². The third kappa shape index (κ3) is 3.93. The van der Waals surface area contributed by atoms with Crippen molar-refractivity contribution < 1.29 is 8.42 Å². The average Bonchev–Trinajstić information content (AvgIpc) is 2.39. The van der Waals surface area contributed by atoms with Crippen LogP contribution in [0, 0.1) is 0 Å². The van der Waals surface area contributed by atoms with Gasteiger partial charge in [0.25, 0.3) is 0 Å². The van der Waals surface area contributed by atoms with E-state index in [-0.39, 0.29) is 11.3 Å². The normalized spacial score (nSPS) is 21.1. The van der Waals surface area contributed by atoms with Gasteiger partial charge in [-0.25, -0.2) is 8.42 Å². The molecule has 1 heterocycles. The molecule has 0 bridgehead atoms. The third-order valence-electron chi connectivity index (χ3n) is 4.32. The monoisotopic (exact) mass is 276 g/mol. The van der Waals surface area contributed by atoms with Crippen LogP contribution < -0.4 is 5.32 Å². The summed E-state index contributed by atoms with van der Waals surface area (Å²) >= 11 is 0. The van der Waals surface area contributed by atoms with Crippen molar-refractivity contribution in [3.63, 3.8) is 0 Å². The van der Waals surface area contributed by atoms with Gasteiger partial charge < -0.3 is 5.32 Å². The lowest BCUT2D eigenvalue weighted by atomic mass is 9.88. The molecule has 1 fully saturated rings. The van der Waals surface area contributed by atoms with Gasteiger partial charge in [-0.05, 0) is 25.8 Å². The van der Waals surface area contributed by atoms with E-state index in [1.165, 1.54) is 0 Å². The quantitative estimate of drug-likeness (QED) is 0.761. The Kier molecular flexibility index (Phi) is 6.08. The minimum atomic E-state index is -2.81. The van der Waals surface area contributed by atoms with Gasteiger partial charge in [-0.3, -0.25) is 4.90 Å². The van der Waals surface area contributed by atoms with E-state index in [4.69, 9.17) is 0 Å². The van der Waals surface area contributed by atoms with Crippen molar-refractivity contribution in [1.29, 1.82) is 0 Å². The van der Waals surface area contributed by atoms with Crippen molar-refractivity contribution in [2.75, 3.05) is 37.7 Å². The highest BCUT2D eigenvalue weighted by atomic mass is 32.2. The molecule has 0 radical (unpaired) electrons. The molecule has 0 aromatic carbocycles. The first-order chi connectivity index (χ1) is 8.49. The van der Waals surface area contributed by atoms with Crippen molar-refractivity contribution in [3.8, 4) is 0 Å². The SMILES string of the molecule is CCC1(CC)CNCCN1CCCS(=O)(=O)CC. The molecule has 1 aliphatic rings. The molecular weight excluding hydrogens is 248 g/mol. The third-order valence-corrected chi connectivity index (χ3v) is 6.11. The number of piperazine rings is 1. The summed E-state index contributed by atoms with van der Waals surface area (Å²) in [6, 6.07) is 0. The summed E-state index contributed by atoms with van der Waals surface area (Å²) < 4.78 is 23.0. The molecular formula is C13H28N2O2S. The maximum absolute atomic E-state index is 11.5. The smallest absolute Gasteiger partial charge is 0.150 e. The van der Waals surface area contributed by atoms with Crippen molar-refractivity contribution >= 4 is 9.84 Å². The number of sulfone groups is 1. The average molecular weight is 276 g/mol. The van der Waals surface area contributed by atoms with Gasteiger partial charge in [0, 0.05) is 30.9 Å². The van der Waals surface area contributed by atoms with Crippen molar-refractivity contribution in [3.05, 3.63) is 0 Å². The Bertz CT molecular complexity index is 337. The second-order valence-corrected chi connectivity index (χ2v) is 7.66. The Morgan fingerprint density at radius 1 is 1.22 bits per heavy atom. The van der Waals surface area contributed by atoms with Gasteiger partial charge in [0.15, 0.2) is 0 Å². The molecule has 0 aliphatic carbocycles. The van der Waals surface area contributed by atoms with Crippen LogP contribution in [-0.2, 0) is 9.84 Å². The van der Waals surface area contributed by atoms with Crippen molar-refractivity contribution in [2.24, 2.45) is 0 Å². The fraction of sp³-hybridized carbons (Fsp3) is 1.00. The molecule has 0 spiro atoms. The minimum Gasteiger partial charge on any atom is -0.314 e. The van der Waals surface area contributed by atoms with E-state index in [9.17, 15) is 8.42 Å². The van der Waals surface area contributed by atoms with Gasteiger partial charge in [-0.2, -0.15) is 0 Å². The summed E-state index contributed by atoms with van der Waals surface area (Å²) in [5.41, 5.74) is 0.230. The van der Waals surface area contributed by atoms with Crippen LogP contribution >= 0.6 is 0 Å². The predicted molar refractivity (Wildman–Crippen MR) is 76.7 cm³/mol. The topological polar surface area (TPSA) is 49.4 Å². The Labute approximate surface area is 112 Å². The Hall–Kier alpha value is -0.130. The van der Waals surface area contributed by atoms with Crippen molar-refractivity contribution in [2.45, 2.75) is 45.6 Å². The molecule has 0 aromatic rings. The zero-order valence-electron chi connectivity index (χ0n) is 12.0. The Morgan fingerprint density at radius 3 is 2.44 bits per heavy atom. The maximum Gasteiger partial charge on any atom is 0.150 e. The van der Waals surface area contributed by atoms with Crippen LogP contribution in [0.1, 0.15) is 40.0 Å². The van der Waals surface area contributed by atoms with Gasteiger partial charge in [0.1, 0.15) is 9.84 Å². The molecule has 0 atom stereocenters. The second-order valence-electron chi connectivity index (χ2n) is 5.19. The van der Waals surface area contributed by atoms with Gasteiger partial charge in [0.2, 0.25) is 0 Å². The summed E-state index contributed by atoms with van der Waals surface area (Å²) in [5.74, 6) is 0.595. The van der Waals surface area contributed by atoms with Gasteiger partial charge in [-0.15, -0.1) is 0 Å². The van der Waals surface area contributed by atoms with Crippen LogP contribution in [0.4, 0.5) is 0 Å². The zero-order valence-corrected chi connectivity index (χ0v) is 12.9. The summed E-state index contributed by atoms with van der Waals surface area (Å²) in [6.45, 7) is 10.2. The first kappa shape index (κ1) is 15.9. The lowest BCUT2D eigenvalue weighted by Gasteiger charge is -2.47. The number of rotatable bonds is 7. The Balaban J connectivity index is 2.53. The fourth-order valence-corrected chi connectivity index (χ4v) is 3.66. The molecule has 0 saturated carbocycles. The maximum atomic E-state index is 11.5. The summed E-state index contributed by atoms with van der Waals surface area (Å²) in [4.78, 5) is 2.49. The lowest BCUT2D eigenvalue weighted by Crippen LogP contribution is -2.60. The van der Waals surface area contributed by atoms with E-state index >= 15 is 0 Å². The number of hydrogen-bond donors (Lipinski definition) is 1. The van der Waals surface area contributed by atoms with Crippen molar-refractivity contribution in [1.82, 2.24) is 10.2 Å². The van der Waals surface area contributed by atoms with Gasteiger partial charge >= 0.3 is 0 Å². The standard InChI is InChI=1S/C13H28N2O2S/c1-4-13(5-2)12-14-8-10-15(13)9-7-11-18(16,17)6-3/h14H,4-12H2,1-3H3. The highest BCUT2D eigenvalue weighted by Crippen LogP contribution is 2.25. The van der Waals surface area contributed by atoms with Crippen LogP contribution in [0.5, 0.6) is 0 Å². The molecule has 1 N–H and O–H groups in total. The lowest BCUT2D eigenvalue weighted by molar-refractivity contribution is 0.0525. The molecule has 0 aromatic heterocycles. The molecule has 108 valence electrons. The van der Waals surface area contributed by atoms with Crippen LogP contribution in [0.25, 0.3) is 0 Å². The van der Waals surface area contributed by atoms with E-state index < -0.39 is 9.84 Å². The first-order valence-electron chi connectivity index (χ1n) is 7.16. The molecule has 1 saturated heterocycles. The van der Waals surface area contributed by atoms with Crippen LogP contribution in [0.3, 0.4) is 0 Å². The summed E-state index contributed by atoms with van der Waals surface area (Å²) in [7, 11) is -2.81. The molecule has 18 heavy (non-hydrogen) atoms. The molecule has 0 amide bonds. The molecule has 4 nitrogen and oxygen atoms in total. The highest BCUT2D eigenvalue weighted by Gasteiger charge is 2.35. The highest BCUT2D eigenvalue weighted by molar-refractivity contribution is 7.91. The van der Waals surface area contributed by atoms with E-state index in [0.717, 1.165) is 45.4 Å². The van der Waals surface area contributed by atoms with Crippen LogP contribution in [0.2, 0.25) is 0 Å². The van der Waals surface area contributed by atoms with E-state index in [1.807, 2.05) is 0 Å². The second kappa shape index (κ2) is 6.87. The largest absolute Gasteiger partial charge is 0.314 e. The first-order valence-corrected chi connectivity index (χ1v) is 8.98. The number of nitrogens with one attached hydrogen (secondary N) is 1. The number of nitrogens with zero attached hydrogens (tertiary/aromatic N) is 1. The van der Waals surface area contributed by atoms with E-state index in [2.05, 4.69) is 24.1 Å². The Morgan fingerprint density at radius 2 is 1.89 bits per heavy atom. The van der Waals surface area contributed by atoms with Crippen LogP contribution in [0.15, 0.2) is 0 Å². The molecule has 5 heteroatoms. The molecule has 1 rings (SSSR count). The summed E-state index contributed by atoms with van der Waals surface area (Å²) in [5, 5.41) is 3.47. The summed E-state index contributed by atoms with van der Waals surface area (Å²) in [6.07, 6.45) is 3.01. The van der Waals surface area contributed by atoms with Crippen LogP contribution in [-0.4, -0.2) is 56.5 Å². The minimum absolute atomic E-state index is 0.230.